The van der Waals surface area contributed by atoms with E-state index in [1.54, 1.807) is 0 Å². The minimum Gasteiger partial charge on any atom is -0.303 e. The molecule has 0 aromatic rings. The van der Waals surface area contributed by atoms with Crippen LogP contribution in [0.1, 0.15) is 47.5 Å². The van der Waals surface area contributed by atoms with Crippen molar-refractivity contribution in [3.63, 3.8) is 0 Å². The number of nitrogens with two attached hydrogens (primary N) is 1. The number of hydrazine groups is 1. The highest BCUT2D eigenvalue weighted by Gasteiger charge is 2.31. The molecule has 0 aliphatic carbocycles. The Kier molecular flexibility index (Phi) is 5.24. The van der Waals surface area contributed by atoms with Gasteiger partial charge in [0.05, 0.1) is 0 Å². The summed E-state index contributed by atoms with van der Waals surface area (Å²) in [6.45, 7) is 11.2. The molecule has 0 saturated carbocycles. The largest absolute Gasteiger partial charge is 0.303 e. The van der Waals surface area contributed by atoms with Gasteiger partial charge >= 0.3 is 0 Å². The van der Waals surface area contributed by atoms with Gasteiger partial charge in [0.15, 0.2) is 0 Å². The molecule has 3 nitrogen and oxygen atoms in total. The van der Waals surface area contributed by atoms with Crippen LogP contribution in [0.15, 0.2) is 0 Å². The monoisotopic (exact) mass is 215 g/mol. The van der Waals surface area contributed by atoms with E-state index in [1.807, 2.05) is 0 Å². The Labute approximate surface area is 95.4 Å². The van der Waals surface area contributed by atoms with Crippen molar-refractivity contribution in [2.75, 3.05) is 14.1 Å². The molecule has 3 N–H and O–H groups in total. The fourth-order valence-electron chi connectivity index (χ4n) is 1.53. The highest BCUT2D eigenvalue weighted by Crippen LogP contribution is 2.26. The van der Waals surface area contributed by atoms with Crippen LogP contribution in [0.2, 0.25) is 0 Å². The van der Waals surface area contributed by atoms with Crippen LogP contribution in [-0.2, 0) is 0 Å². The molecule has 0 aliphatic rings. The zero-order chi connectivity index (χ0) is 12.3. The zero-order valence-corrected chi connectivity index (χ0v) is 11.5. The molecule has 0 saturated heterocycles. The van der Waals surface area contributed by atoms with E-state index >= 15 is 0 Å². The predicted molar refractivity (Wildman–Crippen MR) is 67.6 cm³/mol. The summed E-state index contributed by atoms with van der Waals surface area (Å²) in [6, 6.07) is 0.326. The maximum absolute atomic E-state index is 5.65. The van der Waals surface area contributed by atoms with E-state index in [2.05, 4.69) is 59.0 Å². The third-order valence-corrected chi connectivity index (χ3v) is 3.39. The summed E-state index contributed by atoms with van der Waals surface area (Å²) in [6.07, 6.45) is 2.28. The van der Waals surface area contributed by atoms with Crippen molar-refractivity contribution < 1.29 is 0 Å². The SMILES string of the molecule is CN(C)C(C)(C)C(CCC(C)(C)C)NN. The highest BCUT2D eigenvalue weighted by atomic mass is 15.3. The quantitative estimate of drug-likeness (QED) is 0.544. The molecule has 0 spiro atoms. The number of rotatable bonds is 5. The van der Waals surface area contributed by atoms with Crippen LogP contribution in [0.5, 0.6) is 0 Å². The number of nitrogens with zero attached hydrogens (tertiary/aromatic N) is 1. The van der Waals surface area contributed by atoms with Crippen molar-refractivity contribution in [3.05, 3.63) is 0 Å². The van der Waals surface area contributed by atoms with Gasteiger partial charge in [-0.05, 0) is 46.2 Å². The van der Waals surface area contributed by atoms with Crippen LogP contribution in [0.3, 0.4) is 0 Å². The maximum Gasteiger partial charge on any atom is 0.0389 e. The minimum absolute atomic E-state index is 0.0833. The van der Waals surface area contributed by atoms with Gasteiger partial charge in [-0.1, -0.05) is 20.8 Å². The molecule has 0 bridgehead atoms. The molecule has 0 radical (unpaired) electrons. The third kappa shape index (κ3) is 4.96. The van der Waals surface area contributed by atoms with E-state index in [-0.39, 0.29) is 5.54 Å². The molecule has 0 fully saturated rings. The first-order chi connectivity index (χ1) is 6.61. The summed E-state index contributed by atoms with van der Waals surface area (Å²) in [5.74, 6) is 5.65. The summed E-state index contributed by atoms with van der Waals surface area (Å²) < 4.78 is 0. The number of likely N-dealkylation sites (N-methyl/N-ethyl adjacent to an activating group) is 1. The van der Waals surface area contributed by atoms with Gasteiger partial charge in [0.25, 0.3) is 0 Å². The van der Waals surface area contributed by atoms with E-state index in [0.717, 1.165) is 6.42 Å². The van der Waals surface area contributed by atoms with Gasteiger partial charge in [-0.25, -0.2) is 0 Å². The molecular formula is C12H29N3. The molecule has 1 unspecified atom stereocenters. The lowest BCUT2D eigenvalue weighted by atomic mass is 9.83. The number of nitrogens with one attached hydrogen (secondary N) is 1. The molecule has 0 heterocycles. The van der Waals surface area contributed by atoms with Gasteiger partial charge in [-0.2, -0.15) is 0 Å². The van der Waals surface area contributed by atoms with Gasteiger partial charge in [0.2, 0.25) is 0 Å². The first kappa shape index (κ1) is 14.9. The predicted octanol–water partition coefficient (Wildman–Crippen LogP) is 1.98. The fourth-order valence-corrected chi connectivity index (χ4v) is 1.53. The van der Waals surface area contributed by atoms with Crippen molar-refractivity contribution in [1.82, 2.24) is 10.3 Å². The third-order valence-electron chi connectivity index (χ3n) is 3.39. The molecule has 0 aromatic heterocycles. The smallest absolute Gasteiger partial charge is 0.0389 e. The molecule has 0 rings (SSSR count). The van der Waals surface area contributed by atoms with Crippen molar-refractivity contribution >= 4 is 0 Å². The van der Waals surface area contributed by atoms with Crippen LogP contribution in [-0.4, -0.2) is 30.6 Å². The Morgan fingerprint density at radius 2 is 1.60 bits per heavy atom. The molecule has 15 heavy (non-hydrogen) atoms. The van der Waals surface area contributed by atoms with Crippen LogP contribution < -0.4 is 11.3 Å². The standard InChI is InChI=1S/C12H29N3/c1-11(2,3)9-8-10(14-13)12(4,5)15(6)7/h10,14H,8-9,13H2,1-7H3. The molecule has 0 aliphatic heterocycles. The first-order valence-electron chi connectivity index (χ1n) is 5.75. The van der Waals surface area contributed by atoms with Gasteiger partial charge in [-0.15, -0.1) is 0 Å². The van der Waals surface area contributed by atoms with Crippen molar-refractivity contribution in [1.29, 1.82) is 0 Å². The zero-order valence-electron chi connectivity index (χ0n) is 11.5. The molecular weight excluding hydrogens is 186 g/mol. The molecule has 1 atom stereocenters. The lowest BCUT2D eigenvalue weighted by Gasteiger charge is -2.40. The Hall–Kier alpha value is -0.120. The second kappa shape index (κ2) is 5.28. The molecule has 0 aromatic carbocycles. The molecule has 0 amide bonds. The Morgan fingerprint density at radius 1 is 1.13 bits per heavy atom. The Balaban J connectivity index is 4.37. The van der Waals surface area contributed by atoms with Crippen LogP contribution in [0.25, 0.3) is 0 Å². The summed E-state index contributed by atoms with van der Waals surface area (Å²) in [5.41, 5.74) is 3.41. The van der Waals surface area contributed by atoms with Crippen LogP contribution in [0.4, 0.5) is 0 Å². The molecule has 3 heteroatoms. The normalized spacial score (nSPS) is 15.8. The van der Waals surface area contributed by atoms with Gasteiger partial charge in [-0.3, -0.25) is 11.3 Å². The number of hydrogen-bond acceptors (Lipinski definition) is 3. The fraction of sp³-hybridized carbons (Fsp3) is 1.00. The van der Waals surface area contributed by atoms with Crippen LogP contribution in [0, 0.1) is 5.41 Å². The summed E-state index contributed by atoms with van der Waals surface area (Å²) in [7, 11) is 4.20. The van der Waals surface area contributed by atoms with Crippen molar-refractivity contribution in [2.45, 2.75) is 59.0 Å². The van der Waals surface area contributed by atoms with Crippen molar-refractivity contribution in [3.8, 4) is 0 Å². The topological polar surface area (TPSA) is 41.3 Å². The van der Waals surface area contributed by atoms with E-state index < -0.39 is 0 Å². The molecule has 92 valence electrons. The number of hydrogen-bond donors (Lipinski definition) is 2. The highest BCUT2D eigenvalue weighted by molar-refractivity contribution is 4.90. The summed E-state index contributed by atoms with van der Waals surface area (Å²) in [5, 5.41) is 0. The summed E-state index contributed by atoms with van der Waals surface area (Å²) in [4.78, 5) is 2.22. The average Bonchev–Trinajstić information content (AvgIpc) is 2.02. The van der Waals surface area contributed by atoms with Crippen molar-refractivity contribution in [2.24, 2.45) is 11.3 Å². The maximum atomic E-state index is 5.65. The van der Waals surface area contributed by atoms with E-state index in [4.69, 9.17) is 5.84 Å². The van der Waals surface area contributed by atoms with E-state index in [1.165, 1.54) is 6.42 Å². The lowest BCUT2D eigenvalue weighted by Crippen LogP contribution is -2.57. The van der Waals surface area contributed by atoms with Gasteiger partial charge in [0, 0.05) is 11.6 Å². The second-order valence-corrected chi connectivity index (χ2v) is 6.37. The van der Waals surface area contributed by atoms with Gasteiger partial charge < -0.3 is 4.90 Å². The second-order valence-electron chi connectivity index (χ2n) is 6.37. The van der Waals surface area contributed by atoms with E-state index in [9.17, 15) is 0 Å². The average molecular weight is 215 g/mol. The lowest BCUT2D eigenvalue weighted by molar-refractivity contribution is 0.124. The van der Waals surface area contributed by atoms with E-state index in [0.29, 0.717) is 11.5 Å². The Morgan fingerprint density at radius 3 is 1.87 bits per heavy atom. The first-order valence-corrected chi connectivity index (χ1v) is 5.75. The van der Waals surface area contributed by atoms with Crippen LogP contribution >= 0.6 is 0 Å². The Bertz CT molecular complexity index is 180. The summed E-state index contributed by atoms with van der Waals surface area (Å²) >= 11 is 0. The minimum atomic E-state index is 0.0833. The van der Waals surface area contributed by atoms with Gasteiger partial charge in [0.1, 0.15) is 0 Å².